The third-order valence-corrected chi connectivity index (χ3v) is 2.04. The van der Waals surface area contributed by atoms with Crippen molar-refractivity contribution in [2.75, 3.05) is 0 Å². The number of carbonyl (C=O) groups is 1. The number of rotatable bonds is 2. The highest BCUT2D eigenvalue weighted by atomic mass is 19.4. The van der Waals surface area contributed by atoms with E-state index in [-0.39, 0.29) is 5.92 Å². The predicted octanol–water partition coefficient (Wildman–Crippen LogP) is 2.92. The number of carboxylic acids is 1. The molecule has 6 heteroatoms. The van der Waals surface area contributed by atoms with Gasteiger partial charge in [-0.25, -0.2) is 9.78 Å². The van der Waals surface area contributed by atoms with E-state index in [1.165, 1.54) is 0 Å². The number of aromatic carboxylic acids is 1. The predicted molar refractivity (Wildman–Crippen MR) is 50.3 cm³/mol. The third-order valence-electron chi connectivity index (χ3n) is 2.04. The average molecular weight is 233 g/mol. The van der Waals surface area contributed by atoms with E-state index < -0.39 is 23.5 Å². The Hall–Kier alpha value is -1.59. The summed E-state index contributed by atoms with van der Waals surface area (Å²) in [6, 6.07) is 1.95. The van der Waals surface area contributed by atoms with Gasteiger partial charge in [-0.05, 0) is 17.5 Å². The lowest BCUT2D eigenvalue weighted by molar-refractivity contribution is -0.141. The van der Waals surface area contributed by atoms with E-state index in [2.05, 4.69) is 4.98 Å². The summed E-state index contributed by atoms with van der Waals surface area (Å²) < 4.78 is 36.9. The summed E-state index contributed by atoms with van der Waals surface area (Å²) in [5.74, 6) is -1.64. The summed E-state index contributed by atoms with van der Waals surface area (Å²) in [6.07, 6.45) is -4.63. The van der Waals surface area contributed by atoms with Crippen molar-refractivity contribution in [2.24, 2.45) is 0 Å². The second kappa shape index (κ2) is 4.11. The lowest BCUT2D eigenvalue weighted by Gasteiger charge is -2.12. The Bertz CT molecular complexity index is 413. The summed E-state index contributed by atoms with van der Waals surface area (Å²) >= 11 is 0. The molecule has 88 valence electrons. The van der Waals surface area contributed by atoms with Gasteiger partial charge in [0, 0.05) is 0 Å². The molecule has 0 saturated carbocycles. The monoisotopic (exact) mass is 233 g/mol. The standard InChI is InChI=1S/C10H10F3NO2/c1-5(2)6-3-4-7(10(11,12)13)14-8(6)9(15)16/h3-5H,1-2H3,(H,15,16). The maximum absolute atomic E-state index is 12.3. The molecule has 0 aromatic carbocycles. The molecule has 0 unspecified atom stereocenters. The van der Waals surface area contributed by atoms with Crippen molar-refractivity contribution in [1.29, 1.82) is 0 Å². The van der Waals surface area contributed by atoms with Gasteiger partial charge in [0.25, 0.3) is 0 Å². The van der Waals surface area contributed by atoms with E-state index in [4.69, 9.17) is 5.11 Å². The van der Waals surface area contributed by atoms with Crippen LogP contribution in [0.25, 0.3) is 0 Å². The number of carboxylic acid groups (broad SMARTS) is 1. The van der Waals surface area contributed by atoms with E-state index in [1.807, 2.05) is 0 Å². The molecule has 0 bridgehead atoms. The van der Waals surface area contributed by atoms with Crippen LogP contribution in [0.4, 0.5) is 13.2 Å². The molecule has 1 heterocycles. The zero-order valence-corrected chi connectivity index (χ0v) is 8.67. The molecule has 0 spiro atoms. The Morgan fingerprint density at radius 3 is 2.31 bits per heavy atom. The van der Waals surface area contributed by atoms with Crippen molar-refractivity contribution in [3.05, 3.63) is 29.1 Å². The zero-order chi connectivity index (χ0) is 12.5. The van der Waals surface area contributed by atoms with E-state index in [9.17, 15) is 18.0 Å². The molecule has 0 amide bonds. The van der Waals surface area contributed by atoms with Gasteiger partial charge < -0.3 is 5.11 Å². The number of halogens is 3. The number of hydrogen-bond donors (Lipinski definition) is 1. The number of pyridine rings is 1. The van der Waals surface area contributed by atoms with Crippen LogP contribution < -0.4 is 0 Å². The van der Waals surface area contributed by atoms with Crippen LogP contribution in [0.2, 0.25) is 0 Å². The molecule has 1 aromatic heterocycles. The largest absolute Gasteiger partial charge is 0.477 e. The van der Waals surface area contributed by atoms with Gasteiger partial charge in [0.15, 0.2) is 5.69 Å². The van der Waals surface area contributed by atoms with Crippen LogP contribution in [-0.2, 0) is 6.18 Å². The number of nitrogens with zero attached hydrogens (tertiary/aromatic N) is 1. The van der Waals surface area contributed by atoms with E-state index in [0.29, 0.717) is 5.56 Å². The normalized spacial score (nSPS) is 11.9. The number of alkyl halides is 3. The molecule has 1 rings (SSSR count). The van der Waals surface area contributed by atoms with Crippen molar-refractivity contribution in [3.8, 4) is 0 Å². The van der Waals surface area contributed by atoms with Gasteiger partial charge in [-0.2, -0.15) is 13.2 Å². The molecule has 0 aliphatic carbocycles. The molecule has 1 aromatic rings. The summed E-state index contributed by atoms with van der Waals surface area (Å²) in [6.45, 7) is 3.38. The summed E-state index contributed by atoms with van der Waals surface area (Å²) in [5, 5.41) is 8.77. The molecule has 0 aliphatic heterocycles. The molecule has 0 radical (unpaired) electrons. The highest BCUT2D eigenvalue weighted by Gasteiger charge is 2.33. The Kier molecular flexibility index (Phi) is 3.21. The second-order valence-electron chi connectivity index (χ2n) is 3.59. The average Bonchev–Trinajstić information content (AvgIpc) is 2.15. The Balaban J connectivity index is 3.34. The Labute approximate surface area is 89.9 Å². The molecule has 16 heavy (non-hydrogen) atoms. The summed E-state index contributed by atoms with van der Waals surface area (Å²) in [5.41, 5.74) is -1.43. The smallest absolute Gasteiger partial charge is 0.433 e. The minimum atomic E-state index is -4.63. The van der Waals surface area contributed by atoms with Gasteiger partial charge in [0.2, 0.25) is 0 Å². The van der Waals surface area contributed by atoms with Crippen molar-refractivity contribution in [3.63, 3.8) is 0 Å². The van der Waals surface area contributed by atoms with Crippen LogP contribution in [0.15, 0.2) is 12.1 Å². The fourth-order valence-corrected chi connectivity index (χ4v) is 1.26. The van der Waals surface area contributed by atoms with Crippen molar-refractivity contribution < 1.29 is 23.1 Å². The van der Waals surface area contributed by atoms with Crippen molar-refractivity contribution >= 4 is 5.97 Å². The minimum absolute atomic E-state index is 0.194. The van der Waals surface area contributed by atoms with Gasteiger partial charge in [0.05, 0.1) is 0 Å². The second-order valence-corrected chi connectivity index (χ2v) is 3.59. The highest BCUT2D eigenvalue weighted by molar-refractivity contribution is 5.87. The first kappa shape index (κ1) is 12.5. The highest BCUT2D eigenvalue weighted by Crippen LogP contribution is 2.29. The van der Waals surface area contributed by atoms with Gasteiger partial charge >= 0.3 is 12.1 Å². The van der Waals surface area contributed by atoms with Gasteiger partial charge in [0.1, 0.15) is 5.69 Å². The molecular formula is C10H10F3NO2. The first-order valence-corrected chi connectivity index (χ1v) is 4.55. The molecule has 3 nitrogen and oxygen atoms in total. The van der Waals surface area contributed by atoms with Gasteiger partial charge in [-0.1, -0.05) is 19.9 Å². The van der Waals surface area contributed by atoms with Crippen LogP contribution in [-0.4, -0.2) is 16.1 Å². The number of aromatic nitrogens is 1. The Morgan fingerprint density at radius 1 is 1.38 bits per heavy atom. The lowest BCUT2D eigenvalue weighted by atomic mass is 10.0. The molecule has 0 atom stereocenters. The van der Waals surface area contributed by atoms with E-state index >= 15 is 0 Å². The maximum atomic E-state index is 12.3. The Morgan fingerprint density at radius 2 is 1.94 bits per heavy atom. The van der Waals surface area contributed by atoms with Crippen molar-refractivity contribution in [2.45, 2.75) is 25.9 Å². The zero-order valence-electron chi connectivity index (χ0n) is 8.67. The van der Waals surface area contributed by atoms with E-state index in [1.54, 1.807) is 13.8 Å². The minimum Gasteiger partial charge on any atom is -0.477 e. The van der Waals surface area contributed by atoms with Crippen LogP contribution in [0.1, 0.15) is 41.5 Å². The summed E-state index contributed by atoms with van der Waals surface area (Å²) in [4.78, 5) is 13.9. The molecule has 0 saturated heterocycles. The van der Waals surface area contributed by atoms with Crippen molar-refractivity contribution in [1.82, 2.24) is 4.98 Å². The quantitative estimate of drug-likeness (QED) is 0.854. The first-order chi connectivity index (χ1) is 7.23. The molecule has 0 fully saturated rings. The third kappa shape index (κ3) is 2.50. The molecular weight excluding hydrogens is 223 g/mol. The van der Waals surface area contributed by atoms with Gasteiger partial charge in [-0.3, -0.25) is 0 Å². The maximum Gasteiger partial charge on any atom is 0.433 e. The van der Waals surface area contributed by atoms with Crippen LogP contribution in [0.5, 0.6) is 0 Å². The number of hydrogen-bond acceptors (Lipinski definition) is 2. The SMILES string of the molecule is CC(C)c1ccc(C(F)(F)F)nc1C(=O)O. The fourth-order valence-electron chi connectivity index (χ4n) is 1.26. The topological polar surface area (TPSA) is 50.2 Å². The van der Waals surface area contributed by atoms with Gasteiger partial charge in [-0.15, -0.1) is 0 Å². The fraction of sp³-hybridized carbons (Fsp3) is 0.400. The van der Waals surface area contributed by atoms with Crippen LogP contribution in [0, 0.1) is 0 Å². The van der Waals surface area contributed by atoms with E-state index in [0.717, 1.165) is 12.1 Å². The molecule has 0 aliphatic rings. The first-order valence-electron chi connectivity index (χ1n) is 4.55. The molecule has 1 N–H and O–H groups in total. The van der Waals surface area contributed by atoms with Crippen LogP contribution >= 0.6 is 0 Å². The van der Waals surface area contributed by atoms with Crippen LogP contribution in [0.3, 0.4) is 0 Å². The lowest BCUT2D eigenvalue weighted by Crippen LogP contribution is -2.14. The summed E-state index contributed by atoms with van der Waals surface area (Å²) in [7, 11) is 0.